The zero-order valence-electron chi connectivity index (χ0n) is 11.4. The van der Waals surface area contributed by atoms with Crippen molar-refractivity contribution in [2.75, 3.05) is 6.54 Å². The molecule has 21 heavy (non-hydrogen) atoms. The number of nitrogens with zero attached hydrogens (tertiary/aromatic N) is 3. The zero-order valence-corrected chi connectivity index (χ0v) is 11.4. The van der Waals surface area contributed by atoms with Gasteiger partial charge >= 0.3 is 5.97 Å². The summed E-state index contributed by atoms with van der Waals surface area (Å²) in [5.41, 5.74) is 1.14. The highest BCUT2D eigenvalue weighted by Crippen LogP contribution is 2.05. The second kappa shape index (κ2) is 7.18. The van der Waals surface area contributed by atoms with Gasteiger partial charge in [0.1, 0.15) is 0 Å². The van der Waals surface area contributed by atoms with Crippen molar-refractivity contribution in [1.82, 2.24) is 20.3 Å². The molecular formula is C14H16N4O3. The maximum atomic E-state index is 11.6. The van der Waals surface area contributed by atoms with Gasteiger partial charge in [-0.25, -0.2) is 4.79 Å². The summed E-state index contributed by atoms with van der Waals surface area (Å²) in [5, 5.41) is 19.1. The Kier molecular flexibility index (Phi) is 5.03. The van der Waals surface area contributed by atoms with Gasteiger partial charge in [0.05, 0.1) is 18.3 Å². The first-order valence-electron chi connectivity index (χ1n) is 6.58. The maximum absolute atomic E-state index is 11.6. The number of hydrogen-bond donors (Lipinski definition) is 2. The Hall–Kier alpha value is -2.70. The topological polar surface area (TPSA) is 97.1 Å². The van der Waals surface area contributed by atoms with Crippen LogP contribution in [0.2, 0.25) is 0 Å². The summed E-state index contributed by atoms with van der Waals surface area (Å²) in [7, 11) is 0. The van der Waals surface area contributed by atoms with Crippen molar-refractivity contribution in [3.63, 3.8) is 0 Å². The first kappa shape index (κ1) is 14.7. The summed E-state index contributed by atoms with van der Waals surface area (Å²) in [6.07, 6.45) is 4.19. The molecule has 1 heterocycles. The van der Waals surface area contributed by atoms with Crippen LogP contribution in [0.5, 0.6) is 0 Å². The standard InChI is InChI=1S/C14H16N4O3/c19-13(5-8-18-9-7-16-17-18)15-6-4-11-2-1-3-12(10-11)14(20)21/h1-3,7,9-10H,4-6,8H2,(H,15,19)(H,20,21). The minimum absolute atomic E-state index is 0.0695. The lowest BCUT2D eigenvalue weighted by Crippen LogP contribution is -2.26. The van der Waals surface area contributed by atoms with Crippen LogP contribution in [0, 0.1) is 0 Å². The number of carbonyl (C=O) groups excluding carboxylic acids is 1. The molecule has 2 aromatic rings. The van der Waals surface area contributed by atoms with E-state index in [2.05, 4.69) is 15.6 Å². The molecule has 0 saturated carbocycles. The first-order chi connectivity index (χ1) is 10.1. The normalized spacial score (nSPS) is 10.3. The van der Waals surface area contributed by atoms with Crippen LogP contribution >= 0.6 is 0 Å². The summed E-state index contributed by atoms with van der Waals surface area (Å²) in [6, 6.07) is 6.70. The van der Waals surface area contributed by atoms with Crippen LogP contribution in [0.4, 0.5) is 0 Å². The second-order valence-corrected chi connectivity index (χ2v) is 4.52. The number of hydrogen-bond acceptors (Lipinski definition) is 4. The van der Waals surface area contributed by atoms with Gasteiger partial charge < -0.3 is 10.4 Å². The SMILES string of the molecule is O=C(CCn1ccnn1)NCCc1cccc(C(=O)O)c1. The van der Waals surface area contributed by atoms with E-state index >= 15 is 0 Å². The molecule has 1 aromatic heterocycles. The molecule has 1 aromatic carbocycles. The van der Waals surface area contributed by atoms with Gasteiger partial charge in [0.25, 0.3) is 0 Å². The van der Waals surface area contributed by atoms with Crippen LogP contribution in [-0.2, 0) is 17.8 Å². The van der Waals surface area contributed by atoms with Crippen LogP contribution in [0.25, 0.3) is 0 Å². The number of benzene rings is 1. The minimum atomic E-state index is -0.950. The highest BCUT2D eigenvalue weighted by atomic mass is 16.4. The van der Waals surface area contributed by atoms with E-state index in [4.69, 9.17) is 5.11 Å². The Bertz CT molecular complexity index is 610. The Morgan fingerprint density at radius 3 is 2.90 bits per heavy atom. The van der Waals surface area contributed by atoms with Crippen LogP contribution in [0.3, 0.4) is 0 Å². The third kappa shape index (κ3) is 4.72. The average molecular weight is 288 g/mol. The van der Waals surface area contributed by atoms with Crippen LogP contribution < -0.4 is 5.32 Å². The van der Waals surface area contributed by atoms with E-state index in [1.165, 1.54) is 0 Å². The molecule has 1 amide bonds. The largest absolute Gasteiger partial charge is 0.478 e. The van der Waals surface area contributed by atoms with Crippen LogP contribution in [-0.4, -0.2) is 38.5 Å². The molecular weight excluding hydrogens is 272 g/mol. The Labute approximate surface area is 121 Å². The zero-order chi connectivity index (χ0) is 15.1. The van der Waals surface area contributed by atoms with Gasteiger partial charge in [-0.1, -0.05) is 17.3 Å². The molecule has 0 radical (unpaired) electrons. The number of carboxylic acid groups (broad SMARTS) is 1. The molecule has 0 spiro atoms. The lowest BCUT2D eigenvalue weighted by molar-refractivity contribution is -0.121. The smallest absolute Gasteiger partial charge is 0.335 e. The molecule has 0 unspecified atom stereocenters. The molecule has 7 nitrogen and oxygen atoms in total. The molecule has 2 rings (SSSR count). The Morgan fingerprint density at radius 1 is 1.33 bits per heavy atom. The van der Waals surface area contributed by atoms with Crippen LogP contribution in [0.15, 0.2) is 36.7 Å². The lowest BCUT2D eigenvalue weighted by Gasteiger charge is -2.06. The van der Waals surface area contributed by atoms with Gasteiger partial charge in [-0.3, -0.25) is 9.48 Å². The molecule has 0 bridgehead atoms. The summed E-state index contributed by atoms with van der Waals surface area (Å²) in [6.45, 7) is 0.958. The summed E-state index contributed by atoms with van der Waals surface area (Å²) >= 11 is 0. The van der Waals surface area contributed by atoms with Gasteiger partial charge in [-0.05, 0) is 24.1 Å². The van der Waals surface area contributed by atoms with Gasteiger partial charge in [0, 0.05) is 19.2 Å². The summed E-state index contributed by atoms with van der Waals surface area (Å²) < 4.78 is 1.59. The van der Waals surface area contributed by atoms with Crippen molar-refractivity contribution >= 4 is 11.9 Å². The minimum Gasteiger partial charge on any atom is -0.478 e. The lowest BCUT2D eigenvalue weighted by atomic mass is 10.1. The molecule has 7 heteroatoms. The van der Waals surface area contributed by atoms with Crippen molar-refractivity contribution in [1.29, 1.82) is 0 Å². The molecule has 0 aliphatic heterocycles. The number of nitrogens with one attached hydrogen (secondary N) is 1. The second-order valence-electron chi connectivity index (χ2n) is 4.52. The number of carbonyl (C=O) groups is 2. The van der Waals surface area contributed by atoms with Crippen molar-refractivity contribution in [3.8, 4) is 0 Å². The van der Waals surface area contributed by atoms with Crippen molar-refractivity contribution < 1.29 is 14.7 Å². The van der Waals surface area contributed by atoms with E-state index in [1.807, 2.05) is 6.07 Å². The molecule has 0 aliphatic rings. The van der Waals surface area contributed by atoms with Gasteiger partial charge in [0.15, 0.2) is 0 Å². The fourth-order valence-electron chi connectivity index (χ4n) is 1.86. The fraction of sp³-hybridized carbons (Fsp3) is 0.286. The van der Waals surface area contributed by atoms with Crippen molar-refractivity contribution in [2.45, 2.75) is 19.4 Å². The molecule has 2 N–H and O–H groups in total. The maximum Gasteiger partial charge on any atom is 0.335 e. The number of aromatic nitrogens is 3. The molecule has 0 atom stereocenters. The van der Waals surface area contributed by atoms with E-state index in [-0.39, 0.29) is 11.5 Å². The number of amides is 1. The molecule has 110 valence electrons. The van der Waals surface area contributed by atoms with E-state index in [1.54, 1.807) is 35.3 Å². The monoisotopic (exact) mass is 288 g/mol. The molecule has 0 aliphatic carbocycles. The van der Waals surface area contributed by atoms with E-state index in [0.717, 1.165) is 5.56 Å². The van der Waals surface area contributed by atoms with Gasteiger partial charge in [-0.15, -0.1) is 5.10 Å². The average Bonchev–Trinajstić information content (AvgIpc) is 2.99. The van der Waals surface area contributed by atoms with Crippen LogP contribution in [0.1, 0.15) is 22.3 Å². The first-order valence-corrected chi connectivity index (χ1v) is 6.58. The summed E-state index contributed by atoms with van der Waals surface area (Å²) in [4.78, 5) is 22.5. The van der Waals surface area contributed by atoms with Gasteiger partial charge in [0.2, 0.25) is 5.91 Å². The number of aromatic carboxylic acids is 1. The fourth-order valence-corrected chi connectivity index (χ4v) is 1.86. The number of rotatable bonds is 7. The predicted octanol–water partition coefficient (Wildman–Crippen LogP) is 0.725. The van der Waals surface area contributed by atoms with E-state index in [9.17, 15) is 9.59 Å². The highest BCUT2D eigenvalue weighted by molar-refractivity contribution is 5.87. The number of aryl methyl sites for hydroxylation is 1. The third-order valence-electron chi connectivity index (χ3n) is 2.95. The Morgan fingerprint density at radius 2 is 2.19 bits per heavy atom. The molecule has 0 saturated heterocycles. The molecule has 0 fully saturated rings. The van der Waals surface area contributed by atoms with Crippen molar-refractivity contribution in [2.24, 2.45) is 0 Å². The highest BCUT2D eigenvalue weighted by Gasteiger charge is 2.05. The quantitative estimate of drug-likeness (QED) is 0.782. The van der Waals surface area contributed by atoms with Crippen molar-refractivity contribution in [3.05, 3.63) is 47.8 Å². The van der Waals surface area contributed by atoms with Gasteiger partial charge in [-0.2, -0.15) is 0 Å². The third-order valence-corrected chi connectivity index (χ3v) is 2.95. The predicted molar refractivity (Wildman–Crippen MR) is 74.8 cm³/mol. The Balaban J connectivity index is 1.72. The van der Waals surface area contributed by atoms with E-state index in [0.29, 0.717) is 25.9 Å². The summed E-state index contributed by atoms with van der Waals surface area (Å²) in [5.74, 6) is -1.02. The number of carboxylic acids is 1. The van der Waals surface area contributed by atoms with E-state index < -0.39 is 5.97 Å².